The molecule has 1 amide bonds. The highest BCUT2D eigenvalue weighted by atomic mass is 32.2. The molecular weight excluding hydrogens is 360 g/mol. The van der Waals surface area contributed by atoms with E-state index in [0.717, 1.165) is 36.3 Å². The van der Waals surface area contributed by atoms with E-state index in [-0.39, 0.29) is 22.9 Å². The van der Waals surface area contributed by atoms with Gasteiger partial charge in [-0.1, -0.05) is 24.0 Å². The predicted molar refractivity (Wildman–Crippen MR) is 98.7 cm³/mol. The minimum atomic E-state index is -0.554. The summed E-state index contributed by atoms with van der Waals surface area (Å²) in [6, 6.07) is 3.19. The van der Waals surface area contributed by atoms with Crippen LogP contribution in [0.2, 0.25) is 0 Å². The van der Waals surface area contributed by atoms with Gasteiger partial charge in [-0.15, -0.1) is 0 Å². The summed E-state index contributed by atoms with van der Waals surface area (Å²) in [6.07, 6.45) is 5.31. The first-order valence-corrected chi connectivity index (χ1v) is 9.30. The lowest BCUT2D eigenvalue weighted by Crippen LogP contribution is -2.31. The largest absolute Gasteiger partial charge is 0.462 e. The van der Waals surface area contributed by atoms with Gasteiger partial charge in [0.2, 0.25) is 0 Å². The summed E-state index contributed by atoms with van der Waals surface area (Å²) < 4.78 is 10.3. The Morgan fingerprint density at radius 3 is 2.92 bits per heavy atom. The summed E-state index contributed by atoms with van der Waals surface area (Å²) in [5, 5.41) is 6.31. The van der Waals surface area contributed by atoms with Crippen molar-refractivity contribution in [3.8, 4) is 0 Å². The molecular formula is C17H18N2O4S2. The van der Waals surface area contributed by atoms with Crippen molar-refractivity contribution >= 4 is 40.8 Å². The van der Waals surface area contributed by atoms with Crippen LogP contribution in [0.25, 0.3) is 0 Å². The maximum atomic E-state index is 12.4. The maximum Gasteiger partial charge on any atom is 0.343 e. The highest BCUT2D eigenvalue weighted by molar-refractivity contribution is 8.06. The average Bonchev–Trinajstić information content (AvgIpc) is 3.07. The van der Waals surface area contributed by atoms with Gasteiger partial charge in [0.1, 0.15) is 10.6 Å². The Balaban J connectivity index is 1.96. The number of rotatable bonds is 4. The van der Waals surface area contributed by atoms with Gasteiger partial charge in [-0.05, 0) is 44.7 Å². The van der Waals surface area contributed by atoms with Crippen molar-refractivity contribution in [1.82, 2.24) is 10.6 Å². The Kier molecular flexibility index (Phi) is 5.60. The number of carbonyl (C=O) groups is 2. The molecule has 25 heavy (non-hydrogen) atoms. The molecule has 0 radical (unpaired) electrons. The van der Waals surface area contributed by atoms with Gasteiger partial charge in [0.25, 0.3) is 5.91 Å². The number of hydrogen-bond donors (Lipinski definition) is 2. The van der Waals surface area contributed by atoms with Crippen molar-refractivity contribution < 1.29 is 18.7 Å². The van der Waals surface area contributed by atoms with Gasteiger partial charge in [0.05, 0.1) is 17.9 Å². The third-order valence-corrected chi connectivity index (χ3v) is 5.33. The van der Waals surface area contributed by atoms with Gasteiger partial charge in [0.15, 0.2) is 5.76 Å². The van der Waals surface area contributed by atoms with E-state index < -0.39 is 11.9 Å². The molecule has 2 aliphatic rings. The summed E-state index contributed by atoms with van der Waals surface area (Å²) in [7, 11) is 0. The number of ether oxygens (including phenoxy) is 1. The second-order valence-electron chi connectivity index (χ2n) is 5.52. The highest BCUT2D eigenvalue weighted by Crippen LogP contribution is 2.39. The van der Waals surface area contributed by atoms with E-state index in [1.165, 1.54) is 18.0 Å². The Morgan fingerprint density at radius 2 is 2.20 bits per heavy atom. The van der Waals surface area contributed by atoms with E-state index in [1.807, 2.05) is 0 Å². The molecule has 2 heterocycles. The van der Waals surface area contributed by atoms with Crippen molar-refractivity contribution in [3.05, 3.63) is 45.4 Å². The predicted octanol–water partition coefficient (Wildman–Crippen LogP) is 3.23. The van der Waals surface area contributed by atoms with Crippen LogP contribution in [0.3, 0.4) is 0 Å². The van der Waals surface area contributed by atoms with E-state index in [4.69, 9.17) is 21.4 Å². The topological polar surface area (TPSA) is 80.6 Å². The molecule has 0 atom stereocenters. The van der Waals surface area contributed by atoms with Crippen LogP contribution in [0.4, 0.5) is 0 Å². The number of thioether (sulfide) groups is 1. The maximum absolute atomic E-state index is 12.4. The minimum absolute atomic E-state index is 0.164. The molecule has 0 spiro atoms. The van der Waals surface area contributed by atoms with Crippen LogP contribution in [-0.2, 0) is 9.53 Å². The molecule has 1 aromatic rings. The fourth-order valence-corrected chi connectivity index (χ4v) is 4.22. The number of esters is 1. The Hall–Kier alpha value is -2.06. The number of furan rings is 1. The van der Waals surface area contributed by atoms with Crippen LogP contribution in [0.1, 0.15) is 43.2 Å². The van der Waals surface area contributed by atoms with Gasteiger partial charge < -0.3 is 19.8 Å². The molecule has 8 heteroatoms. The van der Waals surface area contributed by atoms with Crippen LogP contribution in [0, 0.1) is 0 Å². The first-order chi connectivity index (χ1) is 12.1. The number of thiocarbonyl (C=S) groups is 1. The van der Waals surface area contributed by atoms with Gasteiger partial charge >= 0.3 is 5.97 Å². The molecule has 2 N–H and O–H groups in total. The number of nitrogens with one attached hydrogen (secondary N) is 2. The van der Waals surface area contributed by atoms with Crippen LogP contribution in [0.15, 0.2) is 44.0 Å². The second kappa shape index (κ2) is 7.88. The summed E-state index contributed by atoms with van der Waals surface area (Å²) in [5.74, 6) is -0.823. The molecule has 6 nitrogen and oxygen atoms in total. The standard InChI is InChI=1S/C17H18N2O4S2/c1-2-22-17(21)13-15(24)18-10-6-3-4-8-12(10)25-16(13)19-14(20)11-7-5-9-23-11/h5,7,9H,2-4,6,8H2,1H3,(H,18,24)(H,19,20). The molecule has 0 unspecified atom stereocenters. The van der Waals surface area contributed by atoms with Gasteiger partial charge in [-0.3, -0.25) is 4.79 Å². The fraction of sp³-hybridized carbons (Fsp3) is 0.353. The summed E-state index contributed by atoms with van der Waals surface area (Å²) in [4.78, 5) is 26.2. The zero-order valence-corrected chi connectivity index (χ0v) is 15.4. The van der Waals surface area contributed by atoms with E-state index in [0.29, 0.717) is 5.03 Å². The zero-order chi connectivity index (χ0) is 17.8. The third kappa shape index (κ3) is 3.96. The lowest BCUT2D eigenvalue weighted by molar-refractivity contribution is -0.137. The first-order valence-electron chi connectivity index (χ1n) is 8.07. The molecule has 0 fully saturated rings. The van der Waals surface area contributed by atoms with Crippen molar-refractivity contribution in [3.63, 3.8) is 0 Å². The van der Waals surface area contributed by atoms with Crippen molar-refractivity contribution in [2.45, 2.75) is 32.6 Å². The highest BCUT2D eigenvalue weighted by Gasteiger charge is 2.30. The lowest BCUT2D eigenvalue weighted by atomic mass is 10.0. The van der Waals surface area contributed by atoms with E-state index in [2.05, 4.69) is 10.6 Å². The van der Waals surface area contributed by atoms with E-state index >= 15 is 0 Å². The SMILES string of the molecule is CCOC(=O)C1=C(NC(=O)c2ccco2)SC2=C(CCCC2)NC1=S. The van der Waals surface area contributed by atoms with Gasteiger partial charge in [-0.25, -0.2) is 4.79 Å². The molecule has 1 aromatic heterocycles. The zero-order valence-electron chi connectivity index (χ0n) is 13.7. The van der Waals surface area contributed by atoms with E-state index in [9.17, 15) is 9.59 Å². The van der Waals surface area contributed by atoms with Crippen LogP contribution in [0.5, 0.6) is 0 Å². The number of carbonyl (C=O) groups excluding carboxylic acids is 2. The Labute approximate surface area is 155 Å². The first kappa shape index (κ1) is 17.8. The molecule has 0 bridgehead atoms. The Bertz CT molecular complexity index is 766. The third-order valence-electron chi connectivity index (χ3n) is 3.81. The normalized spacial score (nSPS) is 17.6. The molecule has 0 aromatic carbocycles. The molecule has 3 rings (SSSR count). The van der Waals surface area contributed by atoms with Crippen molar-refractivity contribution in [2.24, 2.45) is 0 Å². The average molecular weight is 378 g/mol. The molecule has 0 saturated carbocycles. The number of amides is 1. The molecule has 1 aliphatic heterocycles. The molecule has 1 aliphatic carbocycles. The van der Waals surface area contributed by atoms with Crippen LogP contribution >= 0.6 is 24.0 Å². The number of allylic oxidation sites excluding steroid dienone is 2. The quantitative estimate of drug-likeness (QED) is 0.615. The van der Waals surface area contributed by atoms with Gasteiger partial charge in [-0.2, -0.15) is 0 Å². The summed E-state index contributed by atoms with van der Waals surface area (Å²) >= 11 is 6.77. The molecule has 0 saturated heterocycles. The smallest absolute Gasteiger partial charge is 0.343 e. The summed E-state index contributed by atoms with van der Waals surface area (Å²) in [5.41, 5.74) is 1.20. The van der Waals surface area contributed by atoms with Crippen LogP contribution in [-0.4, -0.2) is 23.5 Å². The van der Waals surface area contributed by atoms with Crippen LogP contribution < -0.4 is 10.6 Å². The second-order valence-corrected chi connectivity index (χ2v) is 7.03. The summed E-state index contributed by atoms with van der Waals surface area (Å²) in [6.45, 7) is 1.95. The van der Waals surface area contributed by atoms with Crippen molar-refractivity contribution in [2.75, 3.05) is 6.61 Å². The number of hydrogen-bond acceptors (Lipinski definition) is 6. The minimum Gasteiger partial charge on any atom is -0.462 e. The molecule has 132 valence electrons. The van der Waals surface area contributed by atoms with Gasteiger partial charge in [0, 0.05) is 10.6 Å². The monoisotopic (exact) mass is 378 g/mol. The lowest BCUT2D eigenvalue weighted by Gasteiger charge is -2.18. The van der Waals surface area contributed by atoms with Crippen molar-refractivity contribution in [1.29, 1.82) is 0 Å². The van der Waals surface area contributed by atoms with E-state index in [1.54, 1.807) is 19.1 Å². The fourth-order valence-electron chi connectivity index (χ4n) is 2.65. The Morgan fingerprint density at radius 1 is 1.40 bits per heavy atom.